The molecule has 0 radical (unpaired) electrons. The normalized spacial score (nSPS) is 11.3. The maximum Gasteiger partial charge on any atom is 0.340 e. The number of hydrogen-bond acceptors (Lipinski definition) is 7. The van der Waals surface area contributed by atoms with Gasteiger partial charge in [0, 0.05) is 26.3 Å². The largest absolute Gasteiger partial charge is 0.454 e. The number of ketones is 1. The summed E-state index contributed by atoms with van der Waals surface area (Å²) >= 11 is 0. The molecule has 9 heteroatoms. The SMILES string of the molecule is CC(=O)COC(=O)c1cc(S(=O)(=O)N(C)C)ccc1NCCO. The Morgan fingerprint density at radius 2 is 1.96 bits per heavy atom. The van der Waals surface area contributed by atoms with E-state index in [9.17, 15) is 18.0 Å². The van der Waals surface area contributed by atoms with Gasteiger partial charge in [0.1, 0.15) is 6.61 Å². The van der Waals surface area contributed by atoms with Gasteiger partial charge in [0.05, 0.1) is 17.1 Å². The van der Waals surface area contributed by atoms with Crippen molar-refractivity contribution in [3.63, 3.8) is 0 Å². The average molecular weight is 344 g/mol. The molecule has 0 aromatic heterocycles. The topological polar surface area (TPSA) is 113 Å². The zero-order valence-corrected chi connectivity index (χ0v) is 14.0. The third kappa shape index (κ3) is 5.02. The highest BCUT2D eigenvalue weighted by molar-refractivity contribution is 7.89. The molecule has 128 valence electrons. The van der Waals surface area contributed by atoms with Crippen LogP contribution in [0.4, 0.5) is 5.69 Å². The van der Waals surface area contributed by atoms with Gasteiger partial charge >= 0.3 is 5.97 Å². The van der Waals surface area contributed by atoms with Gasteiger partial charge in [0.25, 0.3) is 0 Å². The first-order valence-corrected chi connectivity index (χ1v) is 8.22. The van der Waals surface area contributed by atoms with E-state index in [4.69, 9.17) is 9.84 Å². The fourth-order valence-electron chi connectivity index (χ4n) is 1.65. The second kappa shape index (κ2) is 8.04. The van der Waals surface area contributed by atoms with Crippen LogP contribution >= 0.6 is 0 Å². The maximum atomic E-state index is 12.2. The molecule has 0 aliphatic carbocycles. The number of nitrogens with zero attached hydrogens (tertiary/aromatic N) is 1. The van der Waals surface area contributed by atoms with Gasteiger partial charge in [-0.1, -0.05) is 0 Å². The molecule has 0 fully saturated rings. The van der Waals surface area contributed by atoms with Crippen LogP contribution in [0, 0.1) is 0 Å². The van der Waals surface area contributed by atoms with E-state index in [0.29, 0.717) is 5.69 Å². The molecule has 0 unspecified atom stereocenters. The van der Waals surface area contributed by atoms with Gasteiger partial charge in [0.15, 0.2) is 5.78 Å². The van der Waals surface area contributed by atoms with Gasteiger partial charge in [-0.2, -0.15) is 0 Å². The van der Waals surface area contributed by atoms with Crippen LogP contribution in [0.5, 0.6) is 0 Å². The van der Waals surface area contributed by atoms with Crippen molar-refractivity contribution in [2.75, 3.05) is 39.2 Å². The van der Waals surface area contributed by atoms with Gasteiger partial charge in [-0.3, -0.25) is 4.79 Å². The molecule has 1 rings (SSSR count). The Kier molecular flexibility index (Phi) is 6.67. The summed E-state index contributed by atoms with van der Waals surface area (Å²) in [6.45, 7) is 0.876. The van der Waals surface area contributed by atoms with Crippen molar-refractivity contribution in [2.24, 2.45) is 0 Å². The first-order chi connectivity index (χ1) is 10.7. The maximum absolute atomic E-state index is 12.2. The van der Waals surface area contributed by atoms with Gasteiger partial charge in [-0.15, -0.1) is 0 Å². The number of benzene rings is 1. The highest BCUT2D eigenvalue weighted by Gasteiger charge is 2.22. The number of aliphatic hydroxyl groups is 1. The zero-order chi connectivity index (χ0) is 17.6. The molecular formula is C14H20N2O6S. The molecule has 0 aliphatic rings. The van der Waals surface area contributed by atoms with Crippen molar-refractivity contribution in [3.05, 3.63) is 23.8 Å². The van der Waals surface area contributed by atoms with Crippen LogP contribution in [0.25, 0.3) is 0 Å². The summed E-state index contributed by atoms with van der Waals surface area (Å²) in [6.07, 6.45) is 0. The number of hydrogen-bond donors (Lipinski definition) is 2. The first kappa shape index (κ1) is 19.1. The number of nitrogens with one attached hydrogen (secondary N) is 1. The first-order valence-electron chi connectivity index (χ1n) is 6.78. The van der Waals surface area contributed by atoms with Crippen molar-refractivity contribution >= 4 is 27.5 Å². The number of ether oxygens (including phenoxy) is 1. The Morgan fingerprint density at radius 3 is 2.48 bits per heavy atom. The van der Waals surface area contributed by atoms with Crippen LogP contribution < -0.4 is 5.32 Å². The number of anilines is 1. The molecule has 0 saturated carbocycles. The monoisotopic (exact) mass is 344 g/mol. The van der Waals surface area contributed by atoms with Gasteiger partial charge in [-0.05, 0) is 25.1 Å². The number of aliphatic hydroxyl groups excluding tert-OH is 1. The second-order valence-electron chi connectivity index (χ2n) is 4.92. The van der Waals surface area contributed by atoms with E-state index >= 15 is 0 Å². The molecule has 0 atom stereocenters. The number of esters is 1. The zero-order valence-electron chi connectivity index (χ0n) is 13.2. The van der Waals surface area contributed by atoms with Crippen molar-refractivity contribution in [1.82, 2.24) is 4.31 Å². The van der Waals surface area contributed by atoms with Crippen LogP contribution in [0.3, 0.4) is 0 Å². The van der Waals surface area contributed by atoms with Crippen LogP contribution in [0.2, 0.25) is 0 Å². The molecule has 1 aromatic rings. The van der Waals surface area contributed by atoms with E-state index in [0.717, 1.165) is 4.31 Å². The molecule has 0 amide bonds. The lowest BCUT2D eigenvalue weighted by Crippen LogP contribution is -2.23. The van der Waals surface area contributed by atoms with Crippen molar-refractivity contribution in [2.45, 2.75) is 11.8 Å². The van der Waals surface area contributed by atoms with Crippen LogP contribution in [0.15, 0.2) is 23.1 Å². The number of sulfonamides is 1. The Bertz CT molecular complexity index is 685. The molecule has 0 bridgehead atoms. The summed E-state index contributed by atoms with van der Waals surface area (Å²) in [5.74, 6) is -1.16. The van der Waals surface area contributed by atoms with E-state index in [1.807, 2.05) is 0 Å². The van der Waals surface area contributed by atoms with E-state index in [-0.39, 0.29) is 29.4 Å². The quantitative estimate of drug-likeness (QED) is 0.642. The minimum Gasteiger partial charge on any atom is -0.454 e. The molecule has 0 spiro atoms. The van der Waals surface area contributed by atoms with E-state index in [1.165, 1.54) is 39.2 Å². The Morgan fingerprint density at radius 1 is 1.30 bits per heavy atom. The van der Waals surface area contributed by atoms with Crippen LogP contribution in [0.1, 0.15) is 17.3 Å². The smallest absolute Gasteiger partial charge is 0.340 e. The molecule has 8 nitrogen and oxygen atoms in total. The fourth-order valence-corrected chi connectivity index (χ4v) is 2.58. The third-order valence-electron chi connectivity index (χ3n) is 2.82. The van der Waals surface area contributed by atoms with Crippen molar-refractivity contribution < 1.29 is 27.9 Å². The highest BCUT2D eigenvalue weighted by Crippen LogP contribution is 2.23. The lowest BCUT2D eigenvalue weighted by Gasteiger charge is -2.15. The van der Waals surface area contributed by atoms with Gasteiger partial charge in [-0.25, -0.2) is 17.5 Å². The van der Waals surface area contributed by atoms with Crippen LogP contribution in [-0.2, 0) is 19.6 Å². The lowest BCUT2D eigenvalue weighted by molar-refractivity contribution is -0.120. The van der Waals surface area contributed by atoms with Crippen LogP contribution in [-0.4, -0.2) is 63.4 Å². The van der Waals surface area contributed by atoms with Gasteiger partial charge in [0.2, 0.25) is 10.0 Å². The molecule has 1 aromatic carbocycles. The van der Waals surface area contributed by atoms with E-state index < -0.39 is 22.6 Å². The minimum atomic E-state index is -3.72. The summed E-state index contributed by atoms with van der Waals surface area (Å²) < 4.78 is 30.2. The summed E-state index contributed by atoms with van der Waals surface area (Å²) in [4.78, 5) is 22.9. The van der Waals surface area contributed by atoms with E-state index in [2.05, 4.69) is 5.32 Å². The summed E-state index contributed by atoms with van der Waals surface area (Å²) in [5, 5.41) is 11.7. The van der Waals surface area contributed by atoms with Gasteiger partial charge < -0.3 is 15.2 Å². The molecular weight excluding hydrogens is 324 g/mol. The lowest BCUT2D eigenvalue weighted by atomic mass is 10.2. The number of Topliss-reactive ketones (excluding diaryl/α,β-unsaturated/α-hetero) is 1. The summed E-state index contributed by atoms with van der Waals surface area (Å²) in [6, 6.07) is 3.94. The highest BCUT2D eigenvalue weighted by atomic mass is 32.2. The van der Waals surface area contributed by atoms with E-state index in [1.54, 1.807) is 0 Å². The molecule has 0 heterocycles. The summed E-state index contributed by atoms with van der Waals surface area (Å²) in [7, 11) is -0.968. The molecule has 23 heavy (non-hydrogen) atoms. The Hall–Kier alpha value is -1.97. The third-order valence-corrected chi connectivity index (χ3v) is 4.63. The average Bonchev–Trinajstić information content (AvgIpc) is 2.50. The fraction of sp³-hybridized carbons (Fsp3) is 0.429. The van der Waals surface area contributed by atoms with Crippen molar-refractivity contribution in [1.29, 1.82) is 0 Å². The van der Waals surface area contributed by atoms with Crippen molar-refractivity contribution in [3.8, 4) is 0 Å². The second-order valence-corrected chi connectivity index (χ2v) is 7.08. The Labute approximate surface area is 135 Å². The number of carbonyl (C=O) groups excluding carboxylic acids is 2. The number of rotatable bonds is 8. The predicted octanol–water partition coefficient (Wildman–Crippen LogP) is 0.0869. The summed E-state index contributed by atoms with van der Waals surface area (Å²) in [5.41, 5.74) is 0.285. The standard InChI is InChI=1S/C14H20N2O6S/c1-10(18)9-22-14(19)12-8-11(23(20,21)16(2)3)4-5-13(12)15-6-7-17/h4-5,8,15,17H,6-7,9H2,1-3H3. The molecule has 0 saturated heterocycles. The Balaban J connectivity index is 3.25. The number of carbonyl (C=O) groups is 2. The molecule has 0 aliphatic heterocycles. The predicted molar refractivity (Wildman–Crippen MR) is 83.9 cm³/mol. The molecule has 2 N–H and O–H groups in total. The minimum absolute atomic E-state index is 0.0253.